The molecular weight excluding hydrogens is 254 g/mol. The maximum atomic E-state index is 5.32. The van der Waals surface area contributed by atoms with Crippen molar-refractivity contribution in [2.45, 2.75) is 12.5 Å². The molecule has 0 bridgehead atoms. The first-order valence-electron chi connectivity index (χ1n) is 5.58. The Morgan fingerprint density at radius 3 is 3.29 bits per heavy atom. The van der Waals surface area contributed by atoms with Crippen LogP contribution in [0.25, 0.3) is 0 Å². The summed E-state index contributed by atoms with van der Waals surface area (Å²) in [6.07, 6.45) is 0.765. The van der Waals surface area contributed by atoms with Gasteiger partial charge in [0.25, 0.3) is 0 Å². The fourth-order valence-electron chi connectivity index (χ4n) is 1.77. The Balaban J connectivity index is 1.69. The molecule has 1 unspecified atom stereocenters. The second-order valence-corrected chi connectivity index (χ2v) is 6.07. The Kier molecular flexibility index (Phi) is 3.44. The molecule has 1 aliphatic heterocycles. The highest BCUT2D eigenvalue weighted by molar-refractivity contribution is 7.99. The average molecular weight is 267 g/mol. The van der Waals surface area contributed by atoms with Gasteiger partial charge in [-0.15, -0.1) is 11.3 Å². The minimum Gasteiger partial charge on any atom is -0.338 e. The first-order valence-corrected chi connectivity index (χ1v) is 7.61. The highest BCUT2D eigenvalue weighted by atomic mass is 32.2. The van der Waals surface area contributed by atoms with Crippen LogP contribution in [0.3, 0.4) is 0 Å². The molecule has 0 amide bonds. The first-order chi connectivity index (χ1) is 8.42. The summed E-state index contributed by atoms with van der Waals surface area (Å²) in [5.41, 5.74) is 0. The van der Waals surface area contributed by atoms with Crippen LogP contribution in [0, 0.1) is 0 Å². The Hall–Kier alpha value is -0.850. The van der Waals surface area contributed by atoms with Crippen LogP contribution in [-0.4, -0.2) is 28.2 Å². The Labute approximate surface area is 108 Å². The molecule has 2 aromatic heterocycles. The molecule has 6 heteroatoms. The van der Waals surface area contributed by atoms with Crippen LogP contribution in [-0.2, 0) is 6.42 Å². The van der Waals surface area contributed by atoms with E-state index < -0.39 is 0 Å². The maximum absolute atomic E-state index is 5.32. The third-order valence-corrected chi connectivity index (χ3v) is 4.55. The van der Waals surface area contributed by atoms with Gasteiger partial charge in [-0.3, -0.25) is 0 Å². The van der Waals surface area contributed by atoms with Gasteiger partial charge in [-0.25, -0.2) is 0 Å². The molecule has 0 aliphatic carbocycles. The van der Waals surface area contributed by atoms with Crippen molar-refractivity contribution < 1.29 is 4.52 Å². The van der Waals surface area contributed by atoms with Crippen molar-refractivity contribution in [3.8, 4) is 0 Å². The van der Waals surface area contributed by atoms with Crippen LogP contribution in [0.15, 0.2) is 22.0 Å². The maximum Gasteiger partial charge on any atom is 0.244 e. The van der Waals surface area contributed by atoms with Crippen LogP contribution in [0.5, 0.6) is 0 Å². The largest absolute Gasteiger partial charge is 0.338 e. The van der Waals surface area contributed by atoms with E-state index in [1.54, 1.807) is 11.3 Å². The molecule has 17 heavy (non-hydrogen) atoms. The predicted octanol–water partition coefficient (Wildman–Crippen LogP) is 2.10. The topological polar surface area (TPSA) is 51.0 Å². The zero-order valence-electron chi connectivity index (χ0n) is 9.26. The summed E-state index contributed by atoms with van der Waals surface area (Å²) in [6.45, 7) is 1.01. The number of nitrogens with one attached hydrogen (secondary N) is 1. The van der Waals surface area contributed by atoms with Crippen molar-refractivity contribution >= 4 is 23.1 Å². The van der Waals surface area contributed by atoms with E-state index in [0.29, 0.717) is 0 Å². The Bertz CT molecular complexity index is 463. The van der Waals surface area contributed by atoms with E-state index in [0.717, 1.165) is 36.2 Å². The molecule has 0 saturated carbocycles. The number of hydrogen-bond donors (Lipinski definition) is 1. The van der Waals surface area contributed by atoms with Crippen LogP contribution in [0.1, 0.15) is 22.6 Å². The Morgan fingerprint density at radius 1 is 1.53 bits per heavy atom. The van der Waals surface area contributed by atoms with E-state index in [-0.39, 0.29) is 6.04 Å². The van der Waals surface area contributed by atoms with E-state index in [1.807, 2.05) is 17.8 Å². The molecule has 3 heterocycles. The molecule has 0 aromatic carbocycles. The summed E-state index contributed by atoms with van der Waals surface area (Å²) >= 11 is 3.65. The quantitative estimate of drug-likeness (QED) is 0.923. The number of aromatic nitrogens is 2. The van der Waals surface area contributed by atoms with Gasteiger partial charge in [-0.2, -0.15) is 16.7 Å². The van der Waals surface area contributed by atoms with Crippen molar-refractivity contribution in [2.24, 2.45) is 0 Å². The highest BCUT2D eigenvalue weighted by Crippen LogP contribution is 2.21. The lowest BCUT2D eigenvalue weighted by Crippen LogP contribution is -2.30. The fourth-order valence-corrected chi connectivity index (χ4v) is 3.40. The molecule has 1 aliphatic rings. The predicted molar refractivity (Wildman–Crippen MR) is 69.5 cm³/mol. The van der Waals surface area contributed by atoms with E-state index >= 15 is 0 Å². The summed E-state index contributed by atoms with van der Waals surface area (Å²) < 4.78 is 5.32. The van der Waals surface area contributed by atoms with Crippen LogP contribution in [0.2, 0.25) is 0 Å². The lowest BCUT2D eigenvalue weighted by Gasteiger charge is -2.19. The summed E-state index contributed by atoms with van der Waals surface area (Å²) in [5.74, 6) is 3.68. The van der Waals surface area contributed by atoms with Gasteiger partial charge in [0.1, 0.15) is 0 Å². The lowest BCUT2D eigenvalue weighted by atomic mass is 10.3. The van der Waals surface area contributed by atoms with Crippen LogP contribution >= 0.6 is 23.1 Å². The van der Waals surface area contributed by atoms with Gasteiger partial charge in [0.15, 0.2) is 5.82 Å². The number of rotatable bonds is 3. The zero-order valence-corrected chi connectivity index (χ0v) is 10.9. The van der Waals surface area contributed by atoms with Crippen LogP contribution in [0.4, 0.5) is 0 Å². The van der Waals surface area contributed by atoms with E-state index in [2.05, 4.69) is 26.9 Å². The molecule has 1 fully saturated rings. The van der Waals surface area contributed by atoms with E-state index in [1.165, 1.54) is 4.88 Å². The molecular formula is C11H13N3OS2. The van der Waals surface area contributed by atoms with Gasteiger partial charge in [-0.05, 0) is 11.4 Å². The molecule has 90 valence electrons. The molecule has 0 spiro atoms. The summed E-state index contributed by atoms with van der Waals surface area (Å²) in [6, 6.07) is 4.36. The van der Waals surface area contributed by atoms with Gasteiger partial charge in [0.05, 0.1) is 6.04 Å². The van der Waals surface area contributed by atoms with Gasteiger partial charge in [-0.1, -0.05) is 11.2 Å². The van der Waals surface area contributed by atoms with Crippen molar-refractivity contribution in [2.75, 3.05) is 18.1 Å². The van der Waals surface area contributed by atoms with E-state index in [9.17, 15) is 0 Å². The SMILES string of the molecule is c1csc(Cc2noc(C3CSCCN3)n2)c1. The molecule has 3 rings (SSSR count). The number of thioether (sulfide) groups is 1. The monoisotopic (exact) mass is 267 g/mol. The minimum atomic E-state index is 0.221. The van der Waals surface area contributed by atoms with E-state index in [4.69, 9.17) is 4.52 Å². The minimum absolute atomic E-state index is 0.221. The van der Waals surface area contributed by atoms with Crippen LogP contribution < -0.4 is 5.32 Å². The molecule has 1 saturated heterocycles. The third-order valence-electron chi connectivity index (χ3n) is 2.62. The lowest BCUT2D eigenvalue weighted by molar-refractivity contribution is 0.339. The number of hydrogen-bond acceptors (Lipinski definition) is 6. The second kappa shape index (κ2) is 5.20. The fraction of sp³-hybridized carbons (Fsp3) is 0.455. The number of thiophene rings is 1. The zero-order chi connectivity index (χ0) is 11.5. The van der Waals surface area contributed by atoms with Gasteiger partial charge in [0.2, 0.25) is 5.89 Å². The van der Waals surface area contributed by atoms with Crippen molar-refractivity contribution in [3.63, 3.8) is 0 Å². The summed E-state index contributed by atoms with van der Waals surface area (Å²) in [7, 11) is 0. The smallest absolute Gasteiger partial charge is 0.244 e. The normalized spacial score (nSPS) is 20.6. The third kappa shape index (κ3) is 2.70. The molecule has 4 nitrogen and oxygen atoms in total. The Morgan fingerprint density at radius 2 is 2.53 bits per heavy atom. The van der Waals surface area contributed by atoms with Crippen molar-refractivity contribution in [1.82, 2.24) is 15.5 Å². The van der Waals surface area contributed by atoms with Gasteiger partial charge >= 0.3 is 0 Å². The average Bonchev–Trinajstić information content (AvgIpc) is 3.02. The molecule has 0 radical (unpaired) electrons. The summed E-state index contributed by atoms with van der Waals surface area (Å²) in [4.78, 5) is 5.73. The standard InChI is InChI=1S/C11H13N3OS2/c1-2-8(17-4-1)6-10-13-11(15-14-10)9-7-16-5-3-12-9/h1-2,4,9,12H,3,5-7H2. The molecule has 2 aromatic rings. The molecule has 1 atom stereocenters. The second-order valence-electron chi connectivity index (χ2n) is 3.89. The highest BCUT2D eigenvalue weighted by Gasteiger charge is 2.21. The molecule has 1 N–H and O–H groups in total. The van der Waals surface area contributed by atoms with Gasteiger partial charge < -0.3 is 9.84 Å². The van der Waals surface area contributed by atoms with Crippen molar-refractivity contribution in [3.05, 3.63) is 34.1 Å². The summed E-state index contributed by atoms with van der Waals surface area (Å²) in [5, 5.41) is 9.50. The number of nitrogens with zero attached hydrogens (tertiary/aromatic N) is 2. The van der Waals surface area contributed by atoms with Crippen molar-refractivity contribution in [1.29, 1.82) is 0 Å². The first kappa shape index (κ1) is 11.3. The van der Waals surface area contributed by atoms with Gasteiger partial charge in [0, 0.05) is 29.3 Å².